The Morgan fingerprint density at radius 1 is 0.882 bits per heavy atom. The zero-order valence-corrected chi connectivity index (χ0v) is 21.6. The molecule has 34 heavy (non-hydrogen) atoms. The van der Waals surface area contributed by atoms with Gasteiger partial charge >= 0.3 is 0 Å². The van der Waals surface area contributed by atoms with Crippen molar-refractivity contribution in [3.05, 3.63) is 47.5 Å². The van der Waals surface area contributed by atoms with E-state index in [0.29, 0.717) is 17.2 Å². The van der Waals surface area contributed by atoms with Gasteiger partial charge in [-0.05, 0) is 86.5 Å². The molecule has 0 amide bonds. The lowest BCUT2D eigenvalue weighted by Crippen LogP contribution is -2.32. The van der Waals surface area contributed by atoms with Crippen LogP contribution >= 0.6 is 0 Å². The minimum absolute atomic E-state index is 0.128. The molecule has 0 unspecified atom stereocenters. The summed E-state index contributed by atoms with van der Waals surface area (Å²) >= 11 is 0. The summed E-state index contributed by atoms with van der Waals surface area (Å²) in [5, 5.41) is 13.8. The van der Waals surface area contributed by atoms with Crippen LogP contribution in [0.1, 0.15) is 50.7 Å². The SMILES string of the molecule is COc1cccc(CCCCNCCC[C@@](C#N)(c2cc(OC)c(OC)c(OC)c2)C(C)C)c1. The molecule has 0 aliphatic heterocycles. The van der Waals surface area contributed by atoms with Crippen LogP contribution in [0.4, 0.5) is 0 Å². The molecular formula is C28H40N2O4. The Balaban J connectivity index is 1.92. The Labute approximate surface area is 205 Å². The monoisotopic (exact) mass is 468 g/mol. The quantitative estimate of drug-likeness (QED) is 0.347. The van der Waals surface area contributed by atoms with Crippen molar-refractivity contribution in [2.24, 2.45) is 5.92 Å². The van der Waals surface area contributed by atoms with Crippen LogP contribution in [-0.4, -0.2) is 41.5 Å². The first-order valence-corrected chi connectivity index (χ1v) is 12.0. The topological polar surface area (TPSA) is 72.7 Å². The average Bonchev–Trinajstić information content (AvgIpc) is 2.86. The minimum atomic E-state index is -0.638. The molecule has 186 valence electrons. The zero-order chi connectivity index (χ0) is 25.0. The molecule has 0 heterocycles. The smallest absolute Gasteiger partial charge is 0.203 e. The fourth-order valence-electron chi connectivity index (χ4n) is 4.38. The molecule has 0 aromatic heterocycles. The van der Waals surface area contributed by atoms with Crippen LogP contribution in [0.5, 0.6) is 23.0 Å². The van der Waals surface area contributed by atoms with E-state index in [9.17, 15) is 5.26 Å². The van der Waals surface area contributed by atoms with Gasteiger partial charge in [0.05, 0.1) is 39.9 Å². The van der Waals surface area contributed by atoms with Crippen molar-refractivity contribution in [1.29, 1.82) is 5.26 Å². The lowest BCUT2D eigenvalue weighted by molar-refractivity contribution is 0.316. The Bertz CT molecular complexity index is 913. The molecular weight excluding hydrogens is 428 g/mol. The van der Waals surface area contributed by atoms with Crippen LogP contribution in [-0.2, 0) is 11.8 Å². The zero-order valence-electron chi connectivity index (χ0n) is 21.6. The predicted molar refractivity (Wildman–Crippen MR) is 136 cm³/mol. The number of rotatable bonds is 15. The summed E-state index contributed by atoms with van der Waals surface area (Å²) in [6.45, 7) is 6.03. The van der Waals surface area contributed by atoms with Crippen LogP contribution < -0.4 is 24.3 Å². The van der Waals surface area contributed by atoms with E-state index < -0.39 is 5.41 Å². The van der Waals surface area contributed by atoms with Gasteiger partial charge in [-0.3, -0.25) is 0 Å². The van der Waals surface area contributed by atoms with Gasteiger partial charge in [-0.15, -0.1) is 0 Å². The Hall–Kier alpha value is -2.91. The van der Waals surface area contributed by atoms with Crippen LogP contribution in [0, 0.1) is 17.2 Å². The first kappa shape index (κ1) is 27.3. The van der Waals surface area contributed by atoms with Crippen molar-refractivity contribution in [3.63, 3.8) is 0 Å². The Morgan fingerprint density at radius 3 is 2.12 bits per heavy atom. The number of methoxy groups -OCH3 is 4. The highest BCUT2D eigenvalue weighted by Crippen LogP contribution is 2.45. The summed E-state index contributed by atoms with van der Waals surface area (Å²) in [7, 11) is 6.48. The minimum Gasteiger partial charge on any atom is -0.497 e. The third-order valence-corrected chi connectivity index (χ3v) is 6.49. The molecule has 0 saturated heterocycles. The third-order valence-electron chi connectivity index (χ3n) is 6.49. The van der Waals surface area contributed by atoms with Crippen LogP contribution in [0.2, 0.25) is 0 Å². The molecule has 6 heteroatoms. The highest BCUT2D eigenvalue weighted by atomic mass is 16.5. The number of nitriles is 1. The molecule has 0 fully saturated rings. The lowest BCUT2D eigenvalue weighted by atomic mass is 9.69. The van der Waals surface area contributed by atoms with Crippen molar-refractivity contribution >= 4 is 0 Å². The molecule has 2 aromatic carbocycles. The second kappa shape index (κ2) is 13.7. The first-order valence-electron chi connectivity index (χ1n) is 12.0. The van der Waals surface area contributed by atoms with Crippen molar-refractivity contribution in [2.45, 2.75) is 51.4 Å². The summed E-state index contributed by atoms with van der Waals surface area (Å²) in [5.41, 5.74) is 1.57. The predicted octanol–water partition coefficient (Wildman–Crippen LogP) is 5.53. The van der Waals surface area contributed by atoms with E-state index >= 15 is 0 Å². The van der Waals surface area contributed by atoms with Gasteiger partial charge in [-0.1, -0.05) is 26.0 Å². The second-order valence-electron chi connectivity index (χ2n) is 8.81. The van der Waals surface area contributed by atoms with E-state index in [1.807, 2.05) is 24.3 Å². The van der Waals surface area contributed by atoms with Gasteiger partial charge < -0.3 is 24.3 Å². The number of benzene rings is 2. The normalized spacial score (nSPS) is 12.6. The summed E-state index contributed by atoms with van der Waals surface area (Å²) in [5.74, 6) is 2.73. The van der Waals surface area contributed by atoms with E-state index in [1.54, 1.807) is 28.4 Å². The molecule has 0 aliphatic carbocycles. The molecule has 0 aliphatic rings. The molecule has 6 nitrogen and oxygen atoms in total. The number of hydrogen-bond donors (Lipinski definition) is 1. The van der Waals surface area contributed by atoms with Gasteiger partial charge in [0.2, 0.25) is 5.75 Å². The molecule has 0 saturated carbocycles. The van der Waals surface area contributed by atoms with E-state index in [2.05, 4.69) is 37.4 Å². The second-order valence-corrected chi connectivity index (χ2v) is 8.81. The lowest BCUT2D eigenvalue weighted by Gasteiger charge is -2.32. The number of nitrogens with zero attached hydrogens (tertiary/aromatic N) is 1. The van der Waals surface area contributed by atoms with Crippen molar-refractivity contribution in [1.82, 2.24) is 5.32 Å². The van der Waals surface area contributed by atoms with E-state index in [-0.39, 0.29) is 5.92 Å². The Morgan fingerprint density at radius 2 is 1.56 bits per heavy atom. The summed E-state index contributed by atoms with van der Waals surface area (Å²) in [4.78, 5) is 0. The fourth-order valence-corrected chi connectivity index (χ4v) is 4.38. The maximum Gasteiger partial charge on any atom is 0.203 e. The molecule has 0 radical (unpaired) electrons. The van der Waals surface area contributed by atoms with Gasteiger partial charge in [0.1, 0.15) is 5.75 Å². The number of hydrogen-bond acceptors (Lipinski definition) is 6. The van der Waals surface area contributed by atoms with Gasteiger partial charge in [0.15, 0.2) is 11.5 Å². The number of unbranched alkanes of at least 4 members (excludes halogenated alkanes) is 1. The number of nitrogens with one attached hydrogen (secondary N) is 1. The molecule has 2 rings (SSSR count). The van der Waals surface area contributed by atoms with Crippen LogP contribution in [0.15, 0.2) is 36.4 Å². The standard InChI is InChI=1S/C28H40N2O4/c1-21(2)28(20-29,23-18-25(32-4)27(34-6)26(19-23)33-5)14-10-16-30-15-8-7-11-22-12-9-13-24(17-22)31-3/h9,12-13,17-19,21,30H,7-8,10-11,14-16H2,1-6H3/t28-/m0/s1. The maximum absolute atomic E-state index is 10.3. The maximum atomic E-state index is 10.3. The van der Waals surface area contributed by atoms with Gasteiger partial charge in [-0.2, -0.15) is 5.26 Å². The van der Waals surface area contributed by atoms with E-state index in [1.165, 1.54) is 5.56 Å². The van der Waals surface area contributed by atoms with Crippen LogP contribution in [0.25, 0.3) is 0 Å². The van der Waals surface area contributed by atoms with E-state index in [4.69, 9.17) is 18.9 Å². The van der Waals surface area contributed by atoms with Crippen molar-refractivity contribution in [3.8, 4) is 29.1 Å². The highest BCUT2D eigenvalue weighted by Gasteiger charge is 2.37. The molecule has 0 bridgehead atoms. The molecule has 1 N–H and O–H groups in total. The van der Waals surface area contributed by atoms with Gasteiger partial charge in [0.25, 0.3) is 0 Å². The molecule has 2 aromatic rings. The molecule has 1 atom stereocenters. The van der Waals surface area contributed by atoms with E-state index in [0.717, 1.165) is 56.5 Å². The fraction of sp³-hybridized carbons (Fsp3) is 0.536. The largest absolute Gasteiger partial charge is 0.497 e. The number of aryl methyl sites for hydroxylation is 1. The summed E-state index contributed by atoms with van der Waals surface area (Å²) in [6.07, 6.45) is 4.93. The third kappa shape index (κ3) is 6.80. The van der Waals surface area contributed by atoms with Gasteiger partial charge in [0, 0.05) is 0 Å². The molecule has 0 spiro atoms. The average molecular weight is 469 g/mol. The van der Waals surface area contributed by atoms with Crippen molar-refractivity contribution in [2.75, 3.05) is 41.5 Å². The Kier molecular flexibility index (Phi) is 11.0. The number of ether oxygens (including phenoxy) is 4. The van der Waals surface area contributed by atoms with Crippen molar-refractivity contribution < 1.29 is 18.9 Å². The van der Waals surface area contributed by atoms with Gasteiger partial charge in [-0.25, -0.2) is 0 Å². The van der Waals surface area contributed by atoms with Crippen LogP contribution in [0.3, 0.4) is 0 Å². The summed E-state index contributed by atoms with van der Waals surface area (Å²) in [6, 6.07) is 14.7. The highest BCUT2D eigenvalue weighted by molar-refractivity contribution is 5.56. The first-order chi connectivity index (χ1) is 16.4. The summed E-state index contributed by atoms with van der Waals surface area (Å²) < 4.78 is 21.8.